The predicted molar refractivity (Wildman–Crippen MR) is 115 cm³/mol. The van der Waals surface area contributed by atoms with E-state index in [1.165, 1.54) is 17.5 Å². The van der Waals surface area contributed by atoms with E-state index in [1.54, 1.807) is 24.3 Å². The molecule has 1 N–H and O–H groups in total. The first-order valence-electron chi connectivity index (χ1n) is 10.2. The van der Waals surface area contributed by atoms with Crippen molar-refractivity contribution in [2.24, 2.45) is 0 Å². The Morgan fingerprint density at radius 1 is 0.966 bits per heavy atom. The van der Waals surface area contributed by atoms with E-state index >= 15 is 0 Å². The van der Waals surface area contributed by atoms with Gasteiger partial charge in [-0.1, -0.05) is 17.7 Å². The second-order valence-corrected chi connectivity index (χ2v) is 8.27. The van der Waals surface area contributed by atoms with Crippen molar-refractivity contribution >= 4 is 29.1 Å². The summed E-state index contributed by atoms with van der Waals surface area (Å²) in [6.45, 7) is 4.51. The summed E-state index contributed by atoms with van der Waals surface area (Å²) in [5.41, 5.74) is 4.27. The highest BCUT2D eigenvalue weighted by Gasteiger charge is 2.28. The zero-order valence-electron chi connectivity index (χ0n) is 16.7. The average Bonchev–Trinajstić information content (AvgIpc) is 3.21. The Morgan fingerprint density at radius 2 is 1.66 bits per heavy atom. The number of hydrogen-bond acceptors (Lipinski definition) is 3. The van der Waals surface area contributed by atoms with Crippen LogP contribution in [0.4, 0.5) is 5.69 Å². The van der Waals surface area contributed by atoms with Crippen LogP contribution < -0.4 is 5.32 Å². The maximum atomic E-state index is 12.7. The number of hydrogen-bond donors (Lipinski definition) is 1. The molecule has 1 atom stereocenters. The van der Waals surface area contributed by atoms with Gasteiger partial charge in [0.15, 0.2) is 0 Å². The molecule has 1 aliphatic carbocycles. The molecule has 5 nitrogen and oxygen atoms in total. The summed E-state index contributed by atoms with van der Waals surface area (Å²) in [5, 5.41) is 3.68. The van der Waals surface area contributed by atoms with E-state index in [4.69, 9.17) is 11.6 Å². The Kier molecular flexibility index (Phi) is 5.88. The van der Waals surface area contributed by atoms with Crippen molar-refractivity contribution in [3.63, 3.8) is 0 Å². The van der Waals surface area contributed by atoms with Gasteiger partial charge in [-0.3, -0.25) is 14.5 Å². The molecule has 0 saturated carbocycles. The zero-order valence-corrected chi connectivity index (χ0v) is 17.4. The van der Waals surface area contributed by atoms with E-state index in [0.29, 0.717) is 36.8 Å². The fraction of sp³-hybridized carbons (Fsp3) is 0.391. The van der Waals surface area contributed by atoms with Crippen molar-refractivity contribution in [1.29, 1.82) is 0 Å². The van der Waals surface area contributed by atoms with Gasteiger partial charge in [0.05, 0.1) is 6.04 Å². The van der Waals surface area contributed by atoms with Crippen molar-refractivity contribution in [3.05, 3.63) is 64.2 Å². The first-order valence-corrected chi connectivity index (χ1v) is 10.6. The molecule has 0 bridgehead atoms. The third-order valence-corrected chi connectivity index (χ3v) is 6.24. The van der Waals surface area contributed by atoms with Crippen molar-refractivity contribution in [3.8, 4) is 0 Å². The highest BCUT2D eigenvalue weighted by Crippen LogP contribution is 2.25. The van der Waals surface area contributed by atoms with E-state index in [2.05, 4.69) is 22.3 Å². The maximum Gasteiger partial charge on any atom is 0.253 e. The lowest BCUT2D eigenvalue weighted by Crippen LogP contribution is -2.54. The summed E-state index contributed by atoms with van der Waals surface area (Å²) in [4.78, 5) is 29.3. The summed E-state index contributed by atoms with van der Waals surface area (Å²) in [6.07, 6.45) is 3.43. The topological polar surface area (TPSA) is 52.7 Å². The van der Waals surface area contributed by atoms with Crippen LogP contribution in [0, 0.1) is 0 Å². The van der Waals surface area contributed by atoms with E-state index in [9.17, 15) is 9.59 Å². The molecule has 1 heterocycles. The van der Waals surface area contributed by atoms with Gasteiger partial charge in [-0.2, -0.15) is 0 Å². The largest absolute Gasteiger partial charge is 0.336 e. The Hall–Kier alpha value is -2.37. The lowest BCUT2D eigenvalue weighted by molar-refractivity contribution is -0.121. The average molecular weight is 412 g/mol. The zero-order chi connectivity index (χ0) is 20.4. The smallest absolute Gasteiger partial charge is 0.253 e. The molecule has 1 fully saturated rings. The molecule has 1 aliphatic heterocycles. The standard InChI is InChI=1S/C23H26ClN3O2/c1-16(22(28)25-21-10-7-17-3-2-4-19(17)15-21)26-11-13-27(14-12-26)23(29)18-5-8-20(24)9-6-18/h5-10,15-16H,2-4,11-14H2,1H3,(H,25,28). The predicted octanol–water partition coefficient (Wildman–Crippen LogP) is 3.61. The highest BCUT2D eigenvalue weighted by atomic mass is 35.5. The summed E-state index contributed by atoms with van der Waals surface area (Å²) in [7, 11) is 0. The molecule has 2 aliphatic rings. The van der Waals surface area contributed by atoms with Crippen LogP contribution in [0.3, 0.4) is 0 Å². The van der Waals surface area contributed by atoms with Crippen LogP contribution in [0.25, 0.3) is 0 Å². The Balaban J connectivity index is 1.31. The molecular formula is C23H26ClN3O2. The first kappa shape index (κ1) is 19.9. The summed E-state index contributed by atoms with van der Waals surface area (Å²) >= 11 is 5.90. The maximum absolute atomic E-state index is 12.7. The Morgan fingerprint density at radius 3 is 2.38 bits per heavy atom. The number of nitrogens with zero attached hydrogens (tertiary/aromatic N) is 2. The second-order valence-electron chi connectivity index (χ2n) is 7.84. The number of anilines is 1. The molecule has 29 heavy (non-hydrogen) atoms. The van der Waals surface area contributed by atoms with Gasteiger partial charge in [-0.25, -0.2) is 0 Å². The van der Waals surface area contributed by atoms with Crippen molar-refractivity contribution in [1.82, 2.24) is 9.80 Å². The fourth-order valence-electron chi connectivity index (χ4n) is 4.15. The number of aryl methyl sites for hydroxylation is 2. The Labute approximate surface area is 176 Å². The summed E-state index contributed by atoms with van der Waals surface area (Å²) in [5.74, 6) is 0.0111. The normalized spacial score (nSPS) is 17.7. The van der Waals surface area contributed by atoms with Crippen LogP contribution in [0.15, 0.2) is 42.5 Å². The molecular weight excluding hydrogens is 386 g/mol. The van der Waals surface area contributed by atoms with Gasteiger partial charge in [0.2, 0.25) is 5.91 Å². The monoisotopic (exact) mass is 411 g/mol. The van der Waals surface area contributed by atoms with Crippen LogP contribution in [0.5, 0.6) is 0 Å². The molecule has 6 heteroatoms. The third-order valence-electron chi connectivity index (χ3n) is 5.99. The highest BCUT2D eigenvalue weighted by molar-refractivity contribution is 6.30. The number of fused-ring (bicyclic) bond motifs is 1. The van der Waals surface area contributed by atoms with Crippen LogP contribution in [0.1, 0.15) is 34.8 Å². The van der Waals surface area contributed by atoms with E-state index in [-0.39, 0.29) is 17.9 Å². The van der Waals surface area contributed by atoms with E-state index in [0.717, 1.165) is 18.5 Å². The second kappa shape index (κ2) is 8.56. The minimum absolute atomic E-state index is 0.000393. The number of benzene rings is 2. The van der Waals surface area contributed by atoms with Crippen molar-refractivity contribution < 1.29 is 9.59 Å². The number of rotatable bonds is 4. The van der Waals surface area contributed by atoms with Gasteiger partial charge >= 0.3 is 0 Å². The summed E-state index contributed by atoms with van der Waals surface area (Å²) in [6, 6.07) is 13.0. The molecule has 4 rings (SSSR count). The molecule has 2 aromatic rings. The lowest BCUT2D eigenvalue weighted by Gasteiger charge is -2.37. The van der Waals surface area contributed by atoms with Gasteiger partial charge in [0.1, 0.15) is 0 Å². The summed E-state index contributed by atoms with van der Waals surface area (Å²) < 4.78 is 0. The number of carbonyl (C=O) groups excluding carboxylic acids is 2. The molecule has 1 unspecified atom stereocenters. The van der Waals surface area contributed by atoms with Crippen LogP contribution in [-0.4, -0.2) is 53.8 Å². The van der Waals surface area contributed by atoms with E-state index in [1.807, 2.05) is 17.9 Å². The number of nitrogens with one attached hydrogen (secondary N) is 1. The quantitative estimate of drug-likeness (QED) is 0.836. The van der Waals surface area contributed by atoms with Gasteiger partial charge in [-0.05, 0) is 73.7 Å². The minimum Gasteiger partial charge on any atom is -0.336 e. The molecule has 0 aromatic heterocycles. The van der Waals surface area contributed by atoms with Gasteiger partial charge in [0.25, 0.3) is 5.91 Å². The van der Waals surface area contributed by atoms with Gasteiger partial charge in [-0.15, -0.1) is 0 Å². The number of piperazine rings is 1. The minimum atomic E-state index is -0.240. The van der Waals surface area contributed by atoms with Crippen molar-refractivity contribution in [2.75, 3.05) is 31.5 Å². The molecule has 2 amide bonds. The van der Waals surface area contributed by atoms with Crippen LogP contribution in [0.2, 0.25) is 5.02 Å². The Bertz CT molecular complexity index is 905. The molecule has 152 valence electrons. The van der Waals surface area contributed by atoms with Crippen LogP contribution in [-0.2, 0) is 17.6 Å². The molecule has 1 saturated heterocycles. The van der Waals surface area contributed by atoms with Crippen LogP contribution >= 0.6 is 11.6 Å². The van der Waals surface area contributed by atoms with Gasteiger partial charge < -0.3 is 10.2 Å². The van der Waals surface area contributed by atoms with E-state index < -0.39 is 0 Å². The number of carbonyl (C=O) groups is 2. The number of halogens is 1. The molecule has 0 radical (unpaired) electrons. The lowest BCUT2D eigenvalue weighted by atomic mass is 10.1. The SMILES string of the molecule is CC(C(=O)Nc1ccc2c(c1)CCC2)N1CCN(C(=O)c2ccc(Cl)cc2)CC1. The molecule has 0 spiro atoms. The fourth-order valence-corrected chi connectivity index (χ4v) is 4.28. The molecule has 2 aromatic carbocycles. The number of amides is 2. The first-order chi connectivity index (χ1) is 14.0. The third kappa shape index (κ3) is 4.46. The van der Waals surface area contributed by atoms with Crippen molar-refractivity contribution in [2.45, 2.75) is 32.2 Å². The van der Waals surface area contributed by atoms with Gasteiger partial charge in [0, 0.05) is 42.5 Å².